The van der Waals surface area contributed by atoms with Crippen LogP contribution < -0.4 is 11.2 Å². The summed E-state index contributed by atoms with van der Waals surface area (Å²) in [6, 6.07) is 10.4. The highest BCUT2D eigenvalue weighted by Crippen LogP contribution is 2.49. The van der Waals surface area contributed by atoms with Crippen molar-refractivity contribution in [2.24, 2.45) is 0 Å². The molecular formula is C24H22Cl2N4O3. The maximum Gasteiger partial charge on any atom is 0.350 e. The molecule has 1 saturated carbocycles. The molecule has 170 valence electrons. The normalized spacial score (nSPS) is 14.7. The van der Waals surface area contributed by atoms with Crippen LogP contribution in [-0.2, 0) is 18.6 Å². The Morgan fingerprint density at radius 1 is 1.09 bits per heavy atom. The van der Waals surface area contributed by atoms with Crippen molar-refractivity contribution in [3.8, 4) is 11.4 Å². The first-order chi connectivity index (χ1) is 15.8. The summed E-state index contributed by atoms with van der Waals surface area (Å²) in [6.07, 6.45) is 3.79. The number of fused-ring (bicyclic) bond motifs is 1. The average molecular weight is 485 g/mol. The molecule has 5 rings (SSSR count). The van der Waals surface area contributed by atoms with Crippen LogP contribution in [0.4, 0.5) is 0 Å². The first-order valence-electron chi connectivity index (χ1n) is 10.7. The van der Waals surface area contributed by atoms with E-state index in [0.717, 1.165) is 23.8 Å². The monoisotopic (exact) mass is 484 g/mol. The molecule has 33 heavy (non-hydrogen) atoms. The molecule has 2 aromatic heterocycles. The molecule has 1 aliphatic rings. The summed E-state index contributed by atoms with van der Waals surface area (Å²) in [6.45, 7) is 4.03. The van der Waals surface area contributed by atoms with E-state index >= 15 is 0 Å². The fraction of sp³-hybridized carbons (Fsp3) is 0.292. The van der Waals surface area contributed by atoms with Crippen molar-refractivity contribution in [2.75, 3.05) is 0 Å². The fourth-order valence-electron chi connectivity index (χ4n) is 4.32. The zero-order valence-electron chi connectivity index (χ0n) is 18.2. The van der Waals surface area contributed by atoms with Gasteiger partial charge in [0.05, 0.1) is 21.4 Å². The maximum absolute atomic E-state index is 13.5. The second-order valence-corrected chi connectivity index (χ2v) is 9.41. The second-order valence-electron chi connectivity index (χ2n) is 8.59. The quantitative estimate of drug-likeness (QED) is 0.459. The van der Waals surface area contributed by atoms with Gasteiger partial charge in [0.15, 0.2) is 5.82 Å². The van der Waals surface area contributed by atoms with Crippen LogP contribution in [0.2, 0.25) is 10.0 Å². The molecule has 2 aromatic carbocycles. The number of benzene rings is 2. The van der Waals surface area contributed by atoms with Gasteiger partial charge in [-0.3, -0.25) is 13.9 Å². The van der Waals surface area contributed by atoms with Crippen LogP contribution in [0.25, 0.3) is 22.1 Å². The van der Waals surface area contributed by atoms with Gasteiger partial charge in [-0.05, 0) is 66.5 Å². The summed E-state index contributed by atoms with van der Waals surface area (Å²) in [4.78, 5) is 26.4. The summed E-state index contributed by atoms with van der Waals surface area (Å²) in [5, 5.41) is 15.9. The molecule has 0 spiro atoms. The molecule has 0 radical (unpaired) electrons. The summed E-state index contributed by atoms with van der Waals surface area (Å²) < 4.78 is 4.21. The number of nitrogens with zero attached hydrogens (tertiary/aromatic N) is 4. The predicted molar refractivity (Wildman–Crippen MR) is 129 cm³/mol. The van der Waals surface area contributed by atoms with E-state index in [1.807, 2.05) is 19.2 Å². The summed E-state index contributed by atoms with van der Waals surface area (Å²) in [5.41, 5.74) is 1.29. The fourth-order valence-corrected chi connectivity index (χ4v) is 4.90. The highest BCUT2D eigenvalue weighted by molar-refractivity contribution is 6.37. The minimum Gasteiger partial charge on any atom is -0.388 e. The highest BCUT2D eigenvalue weighted by atomic mass is 35.5. The number of hydrogen-bond donors (Lipinski definition) is 1. The number of hydrogen-bond acceptors (Lipinski definition) is 4. The Hall–Kier alpha value is -2.87. The number of rotatable bonds is 5. The van der Waals surface area contributed by atoms with Gasteiger partial charge in [0.2, 0.25) is 0 Å². The zero-order valence-corrected chi connectivity index (χ0v) is 19.7. The summed E-state index contributed by atoms with van der Waals surface area (Å²) in [5.74, 6) is 0.292. The molecule has 2 heterocycles. The number of halogens is 2. The van der Waals surface area contributed by atoms with Crippen molar-refractivity contribution in [3.05, 3.63) is 84.9 Å². The molecular weight excluding hydrogens is 463 g/mol. The van der Waals surface area contributed by atoms with Crippen molar-refractivity contribution in [3.63, 3.8) is 0 Å². The van der Waals surface area contributed by atoms with Crippen molar-refractivity contribution in [2.45, 2.75) is 45.3 Å². The molecule has 0 amide bonds. The lowest BCUT2D eigenvalue weighted by Gasteiger charge is -2.18. The Morgan fingerprint density at radius 3 is 2.36 bits per heavy atom. The van der Waals surface area contributed by atoms with Crippen molar-refractivity contribution < 1.29 is 5.11 Å². The van der Waals surface area contributed by atoms with E-state index in [2.05, 4.69) is 12.0 Å². The number of aromatic nitrogens is 4. The third kappa shape index (κ3) is 3.42. The average Bonchev–Trinajstić information content (AvgIpc) is 3.46. The Kier molecular flexibility index (Phi) is 5.23. The molecule has 0 saturated heterocycles. The molecule has 7 nitrogen and oxygen atoms in total. The van der Waals surface area contributed by atoms with Gasteiger partial charge in [0.25, 0.3) is 5.56 Å². The predicted octanol–water partition coefficient (Wildman–Crippen LogP) is 4.21. The van der Waals surface area contributed by atoms with Crippen LogP contribution in [0.1, 0.15) is 38.1 Å². The lowest BCUT2D eigenvalue weighted by Crippen LogP contribution is -2.24. The smallest absolute Gasteiger partial charge is 0.350 e. The summed E-state index contributed by atoms with van der Waals surface area (Å²) >= 11 is 12.8. The van der Waals surface area contributed by atoms with Crippen LogP contribution in [0.15, 0.2) is 52.2 Å². The lowest BCUT2D eigenvalue weighted by molar-refractivity contribution is 0.264. The van der Waals surface area contributed by atoms with Crippen molar-refractivity contribution in [1.82, 2.24) is 18.9 Å². The van der Waals surface area contributed by atoms with Gasteiger partial charge in [-0.25, -0.2) is 4.79 Å². The molecule has 0 aliphatic heterocycles. The van der Waals surface area contributed by atoms with E-state index < -0.39 is 0 Å². The van der Waals surface area contributed by atoms with Gasteiger partial charge in [-0.2, -0.15) is 4.68 Å². The Balaban J connectivity index is 1.80. The maximum atomic E-state index is 13.5. The van der Waals surface area contributed by atoms with E-state index in [1.165, 1.54) is 13.8 Å². The molecule has 1 aliphatic carbocycles. The number of aliphatic hydroxyl groups is 1. The number of aliphatic hydroxyl groups excluding tert-OH is 1. The van der Waals surface area contributed by atoms with Gasteiger partial charge < -0.3 is 5.11 Å². The van der Waals surface area contributed by atoms with E-state index in [4.69, 9.17) is 23.2 Å². The number of pyridine rings is 1. The van der Waals surface area contributed by atoms with Crippen LogP contribution in [-0.4, -0.2) is 24.0 Å². The number of para-hydroxylation sites is 1. The highest BCUT2D eigenvalue weighted by Gasteiger charge is 2.41. The lowest BCUT2D eigenvalue weighted by atomic mass is 9.94. The van der Waals surface area contributed by atoms with Crippen LogP contribution in [0, 0.1) is 0 Å². The topological polar surface area (TPSA) is 82.0 Å². The van der Waals surface area contributed by atoms with Gasteiger partial charge in [-0.15, -0.1) is 5.10 Å². The van der Waals surface area contributed by atoms with Crippen LogP contribution in [0.3, 0.4) is 0 Å². The molecule has 4 aromatic rings. The van der Waals surface area contributed by atoms with E-state index in [-0.39, 0.29) is 23.3 Å². The third-order valence-electron chi connectivity index (χ3n) is 6.47. The molecule has 9 heteroatoms. The third-order valence-corrected chi connectivity index (χ3v) is 7.08. The van der Waals surface area contributed by atoms with E-state index in [9.17, 15) is 14.7 Å². The standard InChI is InChI=1S/C24H22Cl2N4O3/c1-3-28-20(13-31)27-30(23(28)33)14-7-8-15-16(11-14)17(24(2)9-10-24)12-29(22(15)32)21-18(25)5-4-6-19(21)26/h4-8,11-12,31H,3,9-10,13H2,1-2H3. The molecule has 0 bridgehead atoms. The Bertz CT molecular complexity index is 1510. The Labute approximate surface area is 199 Å². The van der Waals surface area contributed by atoms with Crippen LogP contribution in [0.5, 0.6) is 0 Å². The first-order valence-corrected chi connectivity index (χ1v) is 11.5. The molecule has 0 atom stereocenters. The van der Waals surface area contributed by atoms with Gasteiger partial charge >= 0.3 is 5.69 Å². The van der Waals surface area contributed by atoms with Gasteiger partial charge in [0.1, 0.15) is 6.61 Å². The molecule has 0 unspecified atom stereocenters. The van der Waals surface area contributed by atoms with Crippen LogP contribution >= 0.6 is 23.2 Å². The largest absolute Gasteiger partial charge is 0.388 e. The summed E-state index contributed by atoms with van der Waals surface area (Å²) in [7, 11) is 0. The minimum absolute atomic E-state index is 0.0932. The first kappa shape index (κ1) is 21.9. The van der Waals surface area contributed by atoms with E-state index in [0.29, 0.717) is 39.2 Å². The van der Waals surface area contributed by atoms with Gasteiger partial charge in [0, 0.05) is 18.1 Å². The van der Waals surface area contributed by atoms with Crippen molar-refractivity contribution in [1.29, 1.82) is 0 Å². The molecule has 1 N–H and O–H groups in total. The van der Waals surface area contributed by atoms with E-state index in [1.54, 1.807) is 30.3 Å². The van der Waals surface area contributed by atoms with Gasteiger partial charge in [-0.1, -0.05) is 36.2 Å². The zero-order chi connectivity index (χ0) is 23.5. The minimum atomic E-state index is -0.337. The Morgan fingerprint density at radius 2 is 1.79 bits per heavy atom. The molecule has 1 fully saturated rings. The van der Waals surface area contributed by atoms with Crippen molar-refractivity contribution >= 4 is 34.0 Å². The second kappa shape index (κ2) is 7.87. The SMILES string of the molecule is CCn1c(CO)nn(-c2ccc3c(=O)n(-c4c(Cl)cccc4Cl)cc(C4(C)CC4)c3c2)c1=O.